The van der Waals surface area contributed by atoms with E-state index < -0.39 is 0 Å². The molecule has 2 rings (SSSR count). The maximum absolute atomic E-state index is 11.7. The number of hydrogen-bond acceptors (Lipinski definition) is 2. The molecule has 1 N–H and O–H groups in total. The summed E-state index contributed by atoms with van der Waals surface area (Å²) >= 11 is 0. The number of methoxy groups -OCH3 is 1. The maximum atomic E-state index is 11.7. The number of carbonyl (C=O) groups is 1. The van der Waals surface area contributed by atoms with E-state index in [0.29, 0.717) is 5.56 Å². The lowest BCUT2D eigenvalue weighted by molar-refractivity contribution is 0.0963. The second kappa shape index (κ2) is 5.57. The lowest BCUT2D eigenvalue weighted by Gasteiger charge is -2.12. The van der Waals surface area contributed by atoms with Crippen molar-refractivity contribution in [1.29, 1.82) is 0 Å². The van der Waals surface area contributed by atoms with Gasteiger partial charge in [0.05, 0.1) is 7.11 Å². The molecule has 0 saturated carbocycles. The van der Waals surface area contributed by atoms with Crippen LogP contribution in [0.25, 0.3) is 11.1 Å². The van der Waals surface area contributed by atoms with Crippen LogP contribution in [0.1, 0.15) is 15.9 Å². The number of amides is 1. The van der Waals surface area contributed by atoms with Crippen molar-refractivity contribution < 1.29 is 9.53 Å². The van der Waals surface area contributed by atoms with Crippen molar-refractivity contribution in [2.24, 2.45) is 0 Å². The first-order valence-corrected chi connectivity index (χ1v) is 6.13. The van der Waals surface area contributed by atoms with Gasteiger partial charge >= 0.3 is 0 Å². The van der Waals surface area contributed by atoms with Gasteiger partial charge in [-0.2, -0.15) is 0 Å². The third-order valence-electron chi connectivity index (χ3n) is 3.12. The summed E-state index contributed by atoms with van der Waals surface area (Å²) in [6.45, 7) is 2.02. The average Bonchev–Trinajstić information content (AvgIpc) is 2.47. The van der Waals surface area contributed by atoms with Crippen molar-refractivity contribution in [2.45, 2.75) is 6.92 Å². The van der Waals surface area contributed by atoms with E-state index in [9.17, 15) is 4.79 Å². The van der Waals surface area contributed by atoms with Crippen LogP contribution in [0.3, 0.4) is 0 Å². The standard InChI is InChI=1S/C16H17NO2/c1-11-8-9-12(16(18)17-2)10-14(11)13-6-4-5-7-15(13)19-3/h4-10H,1-3H3,(H,17,18). The van der Waals surface area contributed by atoms with Crippen molar-refractivity contribution in [1.82, 2.24) is 5.32 Å². The normalized spacial score (nSPS) is 10.1. The summed E-state index contributed by atoms with van der Waals surface area (Å²) in [5.74, 6) is 0.718. The molecule has 0 aromatic heterocycles. The van der Waals surface area contributed by atoms with Crippen LogP contribution in [0, 0.1) is 6.92 Å². The van der Waals surface area contributed by atoms with Crippen LogP contribution in [0.15, 0.2) is 42.5 Å². The van der Waals surface area contributed by atoms with E-state index in [-0.39, 0.29) is 5.91 Å². The molecule has 0 bridgehead atoms. The van der Waals surface area contributed by atoms with Gasteiger partial charge in [0, 0.05) is 18.2 Å². The first kappa shape index (κ1) is 13.1. The number of carbonyl (C=O) groups excluding carboxylic acids is 1. The van der Waals surface area contributed by atoms with Crippen molar-refractivity contribution >= 4 is 5.91 Å². The lowest BCUT2D eigenvalue weighted by atomic mass is 9.97. The molecule has 0 radical (unpaired) electrons. The highest BCUT2D eigenvalue weighted by Gasteiger charge is 2.11. The van der Waals surface area contributed by atoms with Crippen LogP contribution >= 0.6 is 0 Å². The van der Waals surface area contributed by atoms with Crippen molar-refractivity contribution in [3.8, 4) is 16.9 Å². The fraction of sp³-hybridized carbons (Fsp3) is 0.188. The first-order valence-electron chi connectivity index (χ1n) is 6.13. The Kier molecular flexibility index (Phi) is 3.85. The first-order chi connectivity index (χ1) is 9.17. The molecule has 98 valence electrons. The molecule has 19 heavy (non-hydrogen) atoms. The Bertz CT molecular complexity index is 605. The molecule has 1 amide bonds. The average molecular weight is 255 g/mol. The Morgan fingerprint density at radius 1 is 1.11 bits per heavy atom. The molecule has 0 aliphatic heterocycles. The second-order valence-corrected chi connectivity index (χ2v) is 4.31. The van der Waals surface area contributed by atoms with Crippen LogP contribution in [0.2, 0.25) is 0 Å². The molecular weight excluding hydrogens is 238 g/mol. The lowest BCUT2D eigenvalue weighted by Crippen LogP contribution is -2.17. The quantitative estimate of drug-likeness (QED) is 0.915. The molecule has 0 atom stereocenters. The molecule has 0 heterocycles. The van der Waals surface area contributed by atoms with Gasteiger partial charge in [-0.15, -0.1) is 0 Å². The molecule has 3 heteroatoms. The Labute approximate surface area is 113 Å². The van der Waals surface area contributed by atoms with Crippen molar-refractivity contribution in [3.63, 3.8) is 0 Å². The van der Waals surface area contributed by atoms with Gasteiger partial charge in [0.15, 0.2) is 0 Å². The summed E-state index contributed by atoms with van der Waals surface area (Å²) in [7, 11) is 3.28. The van der Waals surface area contributed by atoms with Crippen LogP contribution < -0.4 is 10.1 Å². The maximum Gasteiger partial charge on any atom is 0.251 e. The number of rotatable bonds is 3. The van der Waals surface area contributed by atoms with E-state index in [1.807, 2.05) is 49.4 Å². The van der Waals surface area contributed by atoms with Crippen LogP contribution in [0.4, 0.5) is 0 Å². The summed E-state index contributed by atoms with van der Waals surface area (Å²) in [5, 5.41) is 2.64. The number of benzene rings is 2. The Balaban J connectivity index is 2.58. The molecule has 0 saturated heterocycles. The van der Waals surface area contributed by atoms with E-state index in [4.69, 9.17) is 4.74 Å². The minimum absolute atomic E-state index is 0.0869. The number of nitrogens with one attached hydrogen (secondary N) is 1. The highest BCUT2D eigenvalue weighted by Crippen LogP contribution is 2.32. The van der Waals surface area contributed by atoms with E-state index in [1.165, 1.54) is 0 Å². The number of para-hydroxylation sites is 1. The van der Waals surface area contributed by atoms with Crippen LogP contribution in [0.5, 0.6) is 5.75 Å². The molecule has 2 aromatic carbocycles. The SMILES string of the molecule is CNC(=O)c1ccc(C)c(-c2ccccc2OC)c1. The highest BCUT2D eigenvalue weighted by molar-refractivity contribution is 5.95. The summed E-state index contributed by atoms with van der Waals surface area (Å²) in [5.41, 5.74) is 3.76. The van der Waals surface area contributed by atoms with Gasteiger partial charge in [0.25, 0.3) is 5.91 Å². The minimum atomic E-state index is -0.0869. The summed E-state index contributed by atoms with van der Waals surface area (Å²) in [6.07, 6.45) is 0. The monoisotopic (exact) mass is 255 g/mol. The van der Waals surface area contributed by atoms with Gasteiger partial charge in [-0.3, -0.25) is 4.79 Å². The fourth-order valence-corrected chi connectivity index (χ4v) is 2.06. The van der Waals surface area contributed by atoms with Crippen molar-refractivity contribution in [2.75, 3.05) is 14.2 Å². The summed E-state index contributed by atoms with van der Waals surface area (Å²) in [4.78, 5) is 11.7. The van der Waals surface area contributed by atoms with Gasteiger partial charge in [-0.05, 0) is 36.2 Å². The zero-order chi connectivity index (χ0) is 13.8. The molecule has 0 unspecified atom stereocenters. The number of hydrogen-bond donors (Lipinski definition) is 1. The van der Waals surface area contributed by atoms with Gasteiger partial charge in [-0.1, -0.05) is 24.3 Å². The predicted octanol–water partition coefficient (Wildman–Crippen LogP) is 3.03. The zero-order valence-electron chi connectivity index (χ0n) is 11.4. The minimum Gasteiger partial charge on any atom is -0.496 e. The van der Waals surface area contributed by atoms with E-state index in [2.05, 4.69) is 5.32 Å². The molecule has 0 fully saturated rings. The van der Waals surface area contributed by atoms with Crippen LogP contribution in [-0.4, -0.2) is 20.1 Å². The fourth-order valence-electron chi connectivity index (χ4n) is 2.06. The van der Waals surface area contributed by atoms with Crippen molar-refractivity contribution in [3.05, 3.63) is 53.6 Å². The highest BCUT2D eigenvalue weighted by atomic mass is 16.5. The largest absolute Gasteiger partial charge is 0.496 e. The van der Waals surface area contributed by atoms with Gasteiger partial charge in [0.1, 0.15) is 5.75 Å². The number of aryl methyl sites for hydroxylation is 1. The van der Waals surface area contributed by atoms with E-state index >= 15 is 0 Å². The Morgan fingerprint density at radius 2 is 1.84 bits per heavy atom. The van der Waals surface area contributed by atoms with Gasteiger partial charge in [0.2, 0.25) is 0 Å². The third kappa shape index (κ3) is 2.60. The molecule has 0 aliphatic carbocycles. The predicted molar refractivity (Wildman–Crippen MR) is 76.6 cm³/mol. The van der Waals surface area contributed by atoms with E-state index in [0.717, 1.165) is 22.4 Å². The van der Waals surface area contributed by atoms with E-state index in [1.54, 1.807) is 14.2 Å². The van der Waals surface area contributed by atoms with Gasteiger partial charge < -0.3 is 10.1 Å². The summed E-state index contributed by atoms with van der Waals surface area (Å²) in [6, 6.07) is 13.5. The topological polar surface area (TPSA) is 38.3 Å². The van der Waals surface area contributed by atoms with Gasteiger partial charge in [-0.25, -0.2) is 0 Å². The third-order valence-corrected chi connectivity index (χ3v) is 3.12. The van der Waals surface area contributed by atoms with Crippen LogP contribution in [-0.2, 0) is 0 Å². The Morgan fingerprint density at radius 3 is 2.53 bits per heavy atom. The second-order valence-electron chi connectivity index (χ2n) is 4.31. The molecule has 2 aromatic rings. The number of ether oxygens (including phenoxy) is 1. The molecule has 0 spiro atoms. The molecular formula is C16H17NO2. The summed E-state index contributed by atoms with van der Waals surface area (Å²) < 4.78 is 5.38. The molecule has 0 aliphatic rings. The smallest absolute Gasteiger partial charge is 0.251 e. The zero-order valence-corrected chi connectivity index (χ0v) is 11.4. The Hall–Kier alpha value is -2.29. The molecule has 3 nitrogen and oxygen atoms in total.